The Morgan fingerprint density at radius 2 is 1.91 bits per heavy atom. The third-order valence-corrected chi connectivity index (χ3v) is 6.70. The lowest BCUT2D eigenvalue weighted by atomic mass is 9.78. The lowest BCUT2D eigenvalue weighted by molar-refractivity contribution is -0.134. The third-order valence-electron chi connectivity index (χ3n) is 5.70. The van der Waals surface area contributed by atoms with Crippen LogP contribution in [0.25, 0.3) is 0 Å². The summed E-state index contributed by atoms with van der Waals surface area (Å²) in [5.41, 5.74) is 0. The second-order valence-electron chi connectivity index (χ2n) is 7.30. The van der Waals surface area contributed by atoms with Crippen molar-refractivity contribution < 1.29 is 4.79 Å². The molecule has 2 atom stereocenters. The second-order valence-corrected chi connectivity index (χ2v) is 8.25. The van der Waals surface area contributed by atoms with Gasteiger partial charge in [-0.25, -0.2) is 0 Å². The minimum Gasteiger partial charge on any atom is -0.339 e. The first-order chi connectivity index (χ1) is 11.2. The maximum absolute atomic E-state index is 12.7. The fourth-order valence-electron chi connectivity index (χ4n) is 4.29. The van der Waals surface area contributed by atoms with Gasteiger partial charge in [0.1, 0.15) is 5.82 Å². The lowest BCUT2D eigenvalue weighted by Crippen LogP contribution is -2.50. The molecule has 1 aromatic rings. The SMILES string of the molecule is Cn1c(SCC(=O)N2CCC[C@@H]3CCCC[C@H]32)nnc1C1CC1. The molecule has 4 rings (SSSR count). The highest BCUT2D eigenvalue weighted by atomic mass is 32.2. The molecule has 0 radical (unpaired) electrons. The summed E-state index contributed by atoms with van der Waals surface area (Å²) < 4.78 is 2.08. The number of hydrogen-bond donors (Lipinski definition) is 0. The zero-order valence-electron chi connectivity index (χ0n) is 13.9. The molecule has 0 N–H and O–H groups in total. The molecule has 6 heteroatoms. The van der Waals surface area contributed by atoms with Crippen molar-refractivity contribution in [3.8, 4) is 0 Å². The van der Waals surface area contributed by atoms with Crippen molar-refractivity contribution in [2.45, 2.75) is 68.5 Å². The average Bonchev–Trinajstić information content (AvgIpc) is 3.36. The summed E-state index contributed by atoms with van der Waals surface area (Å²) in [4.78, 5) is 14.9. The van der Waals surface area contributed by atoms with Crippen molar-refractivity contribution in [1.29, 1.82) is 0 Å². The largest absolute Gasteiger partial charge is 0.339 e. The molecule has 2 heterocycles. The van der Waals surface area contributed by atoms with Crippen LogP contribution in [0.1, 0.15) is 63.1 Å². The number of carbonyl (C=O) groups excluding carboxylic acids is 1. The number of likely N-dealkylation sites (tertiary alicyclic amines) is 1. The predicted octanol–water partition coefficient (Wildman–Crippen LogP) is 2.97. The monoisotopic (exact) mass is 334 g/mol. The molecule has 3 fully saturated rings. The number of hydrogen-bond acceptors (Lipinski definition) is 4. The van der Waals surface area contributed by atoms with Crippen LogP contribution < -0.4 is 0 Å². The van der Waals surface area contributed by atoms with Crippen LogP contribution >= 0.6 is 11.8 Å². The van der Waals surface area contributed by atoms with E-state index in [-0.39, 0.29) is 0 Å². The second kappa shape index (κ2) is 6.46. The third kappa shape index (κ3) is 3.14. The van der Waals surface area contributed by atoms with Crippen LogP contribution in [0, 0.1) is 5.92 Å². The van der Waals surface area contributed by atoms with Crippen molar-refractivity contribution in [3.05, 3.63) is 5.82 Å². The van der Waals surface area contributed by atoms with Crippen LogP contribution in [-0.2, 0) is 11.8 Å². The Morgan fingerprint density at radius 1 is 1.13 bits per heavy atom. The molecule has 0 bridgehead atoms. The van der Waals surface area contributed by atoms with Gasteiger partial charge in [0.25, 0.3) is 0 Å². The van der Waals surface area contributed by atoms with Gasteiger partial charge in [-0.05, 0) is 44.4 Å². The van der Waals surface area contributed by atoms with Crippen LogP contribution in [-0.4, -0.2) is 43.9 Å². The Kier molecular flexibility index (Phi) is 4.35. The molecule has 2 aliphatic carbocycles. The van der Waals surface area contributed by atoms with Crippen LogP contribution in [0.15, 0.2) is 5.16 Å². The Hall–Kier alpha value is -1.04. The summed E-state index contributed by atoms with van der Waals surface area (Å²) in [6, 6.07) is 0.507. The minimum atomic E-state index is 0.294. The van der Waals surface area contributed by atoms with Crippen LogP contribution in [0.5, 0.6) is 0 Å². The number of carbonyl (C=O) groups is 1. The highest BCUT2D eigenvalue weighted by Gasteiger charge is 2.35. The van der Waals surface area contributed by atoms with E-state index in [0.29, 0.717) is 23.6 Å². The van der Waals surface area contributed by atoms with E-state index in [1.165, 1.54) is 51.4 Å². The number of piperidine rings is 1. The normalized spacial score (nSPS) is 27.8. The van der Waals surface area contributed by atoms with Gasteiger partial charge >= 0.3 is 0 Å². The summed E-state index contributed by atoms with van der Waals surface area (Å²) in [6.45, 7) is 0.951. The molecule has 3 aliphatic rings. The molecule has 1 aromatic heterocycles. The number of fused-ring (bicyclic) bond motifs is 1. The zero-order chi connectivity index (χ0) is 15.8. The van der Waals surface area contributed by atoms with E-state index >= 15 is 0 Å². The first-order valence-corrected chi connectivity index (χ1v) is 10.0. The Labute approximate surface area is 142 Å². The zero-order valence-corrected chi connectivity index (χ0v) is 14.7. The molecular weight excluding hydrogens is 308 g/mol. The molecule has 126 valence electrons. The van der Waals surface area contributed by atoms with E-state index in [1.807, 2.05) is 7.05 Å². The van der Waals surface area contributed by atoms with Gasteiger partial charge in [0.05, 0.1) is 5.75 Å². The van der Waals surface area contributed by atoms with Crippen molar-refractivity contribution in [3.63, 3.8) is 0 Å². The Balaban J connectivity index is 1.37. The minimum absolute atomic E-state index is 0.294. The fraction of sp³-hybridized carbons (Fsp3) is 0.824. The molecule has 0 aromatic carbocycles. The van der Waals surface area contributed by atoms with Gasteiger partial charge in [0.2, 0.25) is 5.91 Å². The maximum Gasteiger partial charge on any atom is 0.233 e. The van der Waals surface area contributed by atoms with Crippen LogP contribution in [0.4, 0.5) is 0 Å². The number of thioether (sulfide) groups is 1. The van der Waals surface area contributed by atoms with E-state index in [0.717, 1.165) is 23.4 Å². The maximum atomic E-state index is 12.7. The molecule has 2 saturated carbocycles. The van der Waals surface area contributed by atoms with Gasteiger partial charge in [-0.2, -0.15) is 0 Å². The smallest absolute Gasteiger partial charge is 0.233 e. The number of nitrogens with zero attached hydrogens (tertiary/aromatic N) is 4. The van der Waals surface area contributed by atoms with E-state index in [9.17, 15) is 4.79 Å². The molecule has 0 unspecified atom stereocenters. The molecule has 1 aliphatic heterocycles. The first kappa shape index (κ1) is 15.5. The fourth-order valence-corrected chi connectivity index (χ4v) is 5.10. The van der Waals surface area contributed by atoms with Crippen molar-refractivity contribution in [1.82, 2.24) is 19.7 Å². The van der Waals surface area contributed by atoms with Crippen LogP contribution in [0.2, 0.25) is 0 Å². The van der Waals surface area contributed by atoms with Crippen molar-refractivity contribution in [2.24, 2.45) is 13.0 Å². The van der Waals surface area contributed by atoms with E-state index in [1.54, 1.807) is 11.8 Å². The van der Waals surface area contributed by atoms with E-state index < -0.39 is 0 Å². The highest BCUT2D eigenvalue weighted by molar-refractivity contribution is 7.99. The molecule has 1 amide bonds. The standard InChI is InChI=1S/C17H26N4OS/c1-20-16(13-8-9-13)18-19-17(20)23-11-15(22)21-10-4-6-12-5-2-3-7-14(12)21/h12-14H,2-11H2,1H3/t12-,14+/m0/s1. The lowest BCUT2D eigenvalue weighted by Gasteiger charge is -2.44. The summed E-state index contributed by atoms with van der Waals surface area (Å²) in [7, 11) is 2.03. The summed E-state index contributed by atoms with van der Waals surface area (Å²) in [5, 5.41) is 9.47. The van der Waals surface area contributed by atoms with Gasteiger partial charge in [-0.1, -0.05) is 24.6 Å². The van der Waals surface area contributed by atoms with E-state index in [4.69, 9.17) is 0 Å². The summed E-state index contributed by atoms with van der Waals surface area (Å²) in [6.07, 6.45) is 10.1. The van der Waals surface area contributed by atoms with Crippen LogP contribution in [0.3, 0.4) is 0 Å². The van der Waals surface area contributed by atoms with Crippen molar-refractivity contribution >= 4 is 17.7 Å². The molecular formula is C17H26N4OS. The average molecular weight is 334 g/mol. The number of aromatic nitrogens is 3. The number of rotatable bonds is 4. The topological polar surface area (TPSA) is 51.0 Å². The van der Waals surface area contributed by atoms with E-state index in [2.05, 4.69) is 19.7 Å². The quantitative estimate of drug-likeness (QED) is 0.794. The molecule has 23 heavy (non-hydrogen) atoms. The Bertz CT molecular complexity index is 581. The number of amides is 1. The summed E-state index contributed by atoms with van der Waals surface area (Å²) in [5.74, 6) is 3.23. The van der Waals surface area contributed by atoms with Gasteiger partial charge in [0.15, 0.2) is 5.16 Å². The highest BCUT2D eigenvalue weighted by Crippen LogP contribution is 2.40. The van der Waals surface area contributed by atoms with Crippen molar-refractivity contribution in [2.75, 3.05) is 12.3 Å². The molecule has 0 spiro atoms. The molecule has 1 saturated heterocycles. The van der Waals surface area contributed by atoms with Gasteiger partial charge in [-0.15, -0.1) is 10.2 Å². The first-order valence-electron chi connectivity index (χ1n) is 9.05. The molecule has 5 nitrogen and oxygen atoms in total. The van der Waals surface area contributed by atoms with Gasteiger partial charge < -0.3 is 9.47 Å². The van der Waals surface area contributed by atoms with Gasteiger partial charge in [-0.3, -0.25) is 4.79 Å². The predicted molar refractivity (Wildman–Crippen MR) is 90.4 cm³/mol. The van der Waals surface area contributed by atoms with Gasteiger partial charge in [0, 0.05) is 25.6 Å². The summed E-state index contributed by atoms with van der Waals surface area (Å²) >= 11 is 1.55. The Morgan fingerprint density at radius 3 is 2.74 bits per heavy atom.